The molecule has 1 heterocycles. The van der Waals surface area contributed by atoms with Crippen molar-refractivity contribution in [2.24, 2.45) is 5.73 Å². The summed E-state index contributed by atoms with van der Waals surface area (Å²) in [4.78, 5) is 28.7. The van der Waals surface area contributed by atoms with Gasteiger partial charge in [-0.25, -0.2) is 4.98 Å². The molecule has 0 aliphatic heterocycles. The maximum atomic E-state index is 12.2. The Labute approximate surface area is 127 Å². The number of nitrogens with zero attached hydrogens (tertiary/aromatic N) is 2. The van der Waals surface area contributed by atoms with E-state index < -0.39 is 5.91 Å². The Morgan fingerprint density at radius 1 is 1.19 bits per heavy atom. The summed E-state index contributed by atoms with van der Waals surface area (Å²) < 4.78 is 0. The minimum absolute atomic E-state index is 0.225. The number of nitrogens with two attached hydrogens (primary N) is 1. The summed E-state index contributed by atoms with van der Waals surface area (Å²) in [6, 6.07) is 11.7. The molecule has 2 aromatic rings. The van der Waals surface area contributed by atoms with Crippen LogP contribution in [0.3, 0.4) is 0 Å². The van der Waals surface area contributed by atoms with E-state index in [-0.39, 0.29) is 11.1 Å². The number of hydrogen-bond acceptors (Lipinski definition) is 3. The fourth-order valence-corrected chi connectivity index (χ4v) is 2.01. The quantitative estimate of drug-likeness (QED) is 0.879. The maximum Gasteiger partial charge on any atom is 0.272 e. The van der Waals surface area contributed by atoms with Crippen molar-refractivity contribution in [1.82, 2.24) is 9.88 Å². The van der Waals surface area contributed by atoms with E-state index in [1.54, 1.807) is 49.5 Å². The highest BCUT2D eigenvalue weighted by molar-refractivity contribution is 6.29. The van der Waals surface area contributed by atoms with Crippen molar-refractivity contribution in [1.29, 1.82) is 0 Å². The third kappa shape index (κ3) is 3.79. The second-order valence-electron chi connectivity index (χ2n) is 4.57. The molecule has 0 atom stereocenters. The van der Waals surface area contributed by atoms with Crippen molar-refractivity contribution in [2.75, 3.05) is 7.05 Å². The SMILES string of the molecule is CN(Cc1ccc(C(N)=O)cc1)C(=O)c1cccc(Cl)n1. The van der Waals surface area contributed by atoms with Gasteiger partial charge in [0.05, 0.1) is 0 Å². The van der Waals surface area contributed by atoms with Gasteiger partial charge in [-0.3, -0.25) is 9.59 Å². The lowest BCUT2D eigenvalue weighted by molar-refractivity contribution is 0.0779. The second kappa shape index (κ2) is 6.37. The van der Waals surface area contributed by atoms with Gasteiger partial charge in [0.2, 0.25) is 5.91 Å². The Balaban J connectivity index is 2.08. The van der Waals surface area contributed by atoms with Gasteiger partial charge < -0.3 is 10.6 Å². The number of aromatic nitrogens is 1. The lowest BCUT2D eigenvalue weighted by atomic mass is 10.1. The summed E-state index contributed by atoms with van der Waals surface area (Å²) in [5.41, 5.74) is 6.79. The van der Waals surface area contributed by atoms with Crippen LogP contribution in [0.15, 0.2) is 42.5 Å². The van der Waals surface area contributed by atoms with Gasteiger partial charge in [-0.15, -0.1) is 0 Å². The Morgan fingerprint density at radius 3 is 2.43 bits per heavy atom. The van der Waals surface area contributed by atoms with Crippen molar-refractivity contribution in [3.05, 3.63) is 64.4 Å². The van der Waals surface area contributed by atoms with Crippen LogP contribution in [0.1, 0.15) is 26.4 Å². The molecule has 0 fully saturated rings. The molecule has 2 N–H and O–H groups in total. The largest absolute Gasteiger partial charge is 0.366 e. The Bertz CT molecular complexity index is 671. The molecule has 0 spiro atoms. The van der Waals surface area contributed by atoms with E-state index in [9.17, 15) is 9.59 Å². The average molecular weight is 304 g/mol. The van der Waals surface area contributed by atoms with Crippen molar-refractivity contribution in [3.8, 4) is 0 Å². The standard InChI is InChI=1S/C15H14ClN3O2/c1-19(15(21)12-3-2-4-13(16)18-12)9-10-5-7-11(8-6-10)14(17)20/h2-8H,9H2,1H3,(H2,17,20). The van der Waals surface area contributed by atoms with Crippen LogP contribution < -0.4 is 5.73 Å². The molecule has 5 nitrogen and oxygen atoms in total. The van der Waals surface area contributed by atoms with Gasteiger partial charge in [-0.1, -0.05) is 29.8 Å². The summed E-state index contributed by atoms with van der Waals surface area (Å²) in [7, 11) is 1.67. The summed E-state index contributed by atoms with van der Waals surface area (Å²) in [6.07, 6.45) is 0. The first kappa shape index (κ1) is 15.0. The van der Waals surface area contributed by atoms with Gasteiger partial charge in [-0.05, 0) is 29.8 Å². The Kier molecular flexibility index (Phi) is 4.55. The maximum absolute atomic E-state index is 12.2. The summed E-state index contributed by atoms with van der Waals surface area (Å²) in [5.74, 6) is -0.703. The normalized spacial score (nSPS) is 10.2. The molecule has 0 saturated heterocycles. The number of amides is 2. The van der Waals surface area contributed by atoms with Crippen LogP contribution >= 0.6 is 11.6 Å². The molecule has 0 aliphatic rings. The van der Waals surface area contributed by atoms with Crippen molar-refractivity contribution >= 4 is 23.4 Å². The van der Waals surface area contributed by atoms with Crippen LogP contribution in [0.25, 0.3) is 0 Å². The molecule has 0 radical (unpaired) electrons. The summed E-state index contributed by atoms with van der Waals surface area (Å²) >= 11 is 5.78. The van der Waals surface area contributed by atoms with Crippen LogP contribution in [0.5, 0.6) is 0 Å². The molecule has 0 aliphatic carbocycles. The van der Waals surface area contributed by atoms with Gasteiger partial charge in [-0.2, -0.15) is 0 Å². The molecule has 1 aromatic carbocycles. The van der Waals surface area contributed by atoms with Crippen LogP contribution in [-0.4, -0.2) is 28.7 Å². The summed E-state index contributed by atoms with van der Waals surface area (Å²) in [6.45, 7) is 0.395. The highest BCUT2D eigenvalue weighted by atomic mass is 35.5. The minimum Gasteiger partial charge on any atom is -0.366 e. The predicted molar refractivity (Wildman–Crippen MR) is 80.0 cm³/mol. The first-order chi connectivity index (χ1) is 9.97. The Morgan fingerprint density at radius 2 is 1.86 bits per heavy atom. The zero-order chi connectivity index (χ0) is 15.4. The second-order valence-corrected chi connectivity index (χ2v) is 4.96. The number of hydrogen-bond donors (Lipinski definition) is 1. The third-order valence-electron chi connectivity index (χ3n) is 2.94. The lowest BCUT2D eigenvalue weighted by Gasteiger charge is -2.17. The fraction of sp³-hybridized carbons (Fsp3) is 0.133. The van der Waals surface area contributed by atoms with Crippen LogP contribution in [0.2, 0.25) is 5.15 Å². The molecule has 0 unspecified atom stereocenters. The molecule has 6 heteroatoms. The molecule has 1 aromatic heterocycles. The van der Waals surface area contributed by atoms with Crippen LogP contribution in [0, 0.1) is 0 Å². The monoisotopic (exact) mass is 303 g/mol. The van der Waals surface area contributed by atoms with Gasteiger partial charge in [0.1, 0.15) is 10.8 Å². The van der Waals surface area contributed by atoms with E-state index in [0.717, 1.165) is 5.56 Å². The molecule has 0 bridgehead atoms. The molecular weight excluding hydrogens is 290 g/mol. The number of carbonyl (C=O) groups is 2. The van der Waals surface area contributed by atoms with Crippen molar-refractivity contribution in [3.63, 3.8) is 0 Å². The zero-order valence-electron chi connectivity index (χ0n) is 11.4. The first-order valence-corrected chi connectivity index (χ1v) is 6.62. The lowest BCUT2D eigenvalue weighted by Crippen LogP contribution is -2.27. The van der Waals surface area contributed by atoms with Crippen molar-refractivity contribution in [2.45, 2.75) is 6.54 Å². The van der Waals surface area contributed by atoms with E-state index in [1.807, 2.05) is 0 Å². The number of benzene rings is 1. The highest BCUT2D eigenvalue weighted by Crippen LogP contribution is 2.11. The van der Waals surface area contributed by atoms with Crippen molar-refractivity contribution < 1.29 is 9.59 Å². The van der Waals surface area contributed by atoms with E-state index >= 15 is 0 Å². The molecular formula is C15H14ClN3O2. The molecule has 21 heavy (non-hydrogen) atoms. The fourth-order valence-electron chi connectivity index (χ4n) is 1.84. The average Bonchev–Trinajstić information content (AvgIpc) is 2.47. The van der Waals surface area contributed by atoms with E-state index in [2.05, 4.69) is 4.98 Å². The third-order valence-corrected chi connectivity index (χ3v) is 3.15. The number of pyridine rings is 1. The number of carbonyl (C=O) groups excluding carboxylic acids is 2. The van der Waals surface area contributed by atoms with Gasteiger partial charge >= 0.3 is 0 Å². The molecule has 2 amide bonds. The summed E-state index contributed by atoms with van der Waals surface area (Å²) in [5, 5.41) is 0.278. The number of rotatable bonds is 4. The van der Waals surface area contributed by atoms with Gasteiger partial charge in [0, 0.05) is 19.2 Å². The van der Waals surface area contributed by atoms with Gasteiger partial charge in [0.15, 0.2) is 0 Å². The minimum atomic E-state index is -0.478. The molecule has 0 saturated carbocycles. The van der Waals surface area contributed by atoms with Gasteiger partial charge in [0.25, 0.3) is 5.91 Å². The van der Waals surface area contributed by atoms with E-state index in [1.165, 1.54) is 4.90 Å². The molecule has 108 valence electrons. The highest BCUT2D eigenvalue weighted by Gasteiger charge is 2.13. The smallest absolute Gasteiger partial charge is 0.272 e. The predicted octanol–water partition coefficient (Wildman–Crippen LogP) is 2.11. The number of primary amides is 1. The first-order valence-electron chi connectivity index (χ1n) is 6.24. The number of halogens is 1. The van der Waals surface area contributed by atoms with Crippen LogP contribution in [0.4, 0.5) is 0 Å². The van der Waals surface area contributed by atoms with E-state index in [0.29, 0.717) is 17.8 Å². The topological polar surface area (TPSA) is 76.3 Å². The zero-order valence-corrected chi connectivity index (χ0v) is 12.2. The van der Waals surface area contributed by atoms with Crippen LogP contribution in [-0.2, 0) is 6.54 Å². The Hall–Kier alpha value is -2.40. The van der Waals surface area contributed by atoms with E-state index in [4.69, 9.17) is 17.3 Å². The molecule has 2 rings (SSSR count).